The number of likely N-dealkylation sites (N-methyl/N-ethyl adjacent to an activating group) is 1. The van der Waals surface area contributed by atoms with Gasteiger partial charge < -0.3 is 14.6 Å². The van der Waals surface area contributed by atoms with Crippen molar-refractivity contribution in [3.63, 3.8) is 0 Å². The number of hydrogen-bond donors (Lipinski definition) is 1. The molecule has 0 aromatic carbocycles. The molecule has 2 heterocycles. The first-order valence-corrected chi connectivity index (χ1v) is 5.54. The molecule has 0 spiro atoms. The SMILES string of the molecule is CCn1ccnc1CC1(O)CCN(C)C1. The molecule has 4 heteroatoms. The maximum atomic E-state index is 10.4. The maximum absolute atomic E-state index is 10.4. The van der Waals surface area contributed by atoms with Crippen molar-refractivity contribution < 1.29 is 5.11 Å². The topological polar surface area (TPSA) is 41.3 Å². The van der Waals surface area contributed by atoms with Crippen LogP contribution in [0.2, 0.25) is 0 Å². The molecule has 1 aromatic heterocycles. The minimum atomic E-state index is -0.576. The summed E-state index contributed by atoms with van der Waals surface area (Å²) in [5, 5.41) is 10.4. The Hall–Kier alpha value is -0.870. The van der Waals surface area contributed by atoms with Gasteiger partial charge in [0.25, 0.3) is 0 Å². The largest absolute Gasteiger partial charge is 0.388 e. The number of aryl methyl sites for hydroxylation is 1. The second kappa shape index (κ2) is 3.94. The van der Waals surface area contributed by atoms with Crippen LogP contribution in [0.25, 0.3) is 0 Å². The van der Waals surface area contributed by atoms with E-state index in [-0.39, 0.29) is 0 Å². The van der Waals surface area contributed by atoms with Gasteiger partial charge in [0.1, 0.15) is 5.82 Å². The zero-order chi connectivity index (χ0) is 10.9. The van der Waals surface area contributed by atoms with Gasteiger partial charge in [-0.3, -0.25) is 0 Å². The minimum Gasteiger partial charge on any atom is -0.388 e. The van der Waals surface area contributed by atoms with E-state index in [4.69, 9.17) is 0 Å². The molecule has 1 fully saturated rings. The molecular weight excluding hydrogens is 190 g/mol. The fraction of sp³-hybridized carbons (Fsp3) is 0.727. The van der Waals surface area contributed by atoms with Gasteiger partial charge in [-0.25, -0.2) is 4.98 Å². The standard InChI is InChI=1S/C11H19N3O/c1-3-14-7-5-12-10(14)8-11(15)4-6-13(2)9-11/h5,7,15H,3-4,6,8-9H2,1-2H3. The van der Waals surface area contributed by atoms with E-state index in [0.717, 1.165) is 31.9 Å². The van der Waals surface area contributed by atoms with E-state index in [1.807, 2.05) is 13.2 Å². The van der Waals surface area contributed by atoms with Crippen LogP contribution in [0.1, 0.15) is 19.2 Å². The quantitative estimate of drug-likeness (QED) is 0.788. The van der Waals surface area contributed by atoms with Gasteiger partial charge in [-0.2, -0.15) is 0 Å². The van der Waals surface area contributed by atoms with Crippen molar-refractivity contribution in [1.29, 1.82) is 0 Å². The Morgan fingerprint density at radius 2 is 2.40 bits per heavy atom. The van der Waals surface area contributed by atoms with Crippen molar-refractivity contribution in [2.75, 3.05) is 20.1 Å². The average Bonchev–Trinajstić information content (AvgIpc) is 2.74. The molecule has 1 saturated heterocycles. The van der Waals surface area contributed by atoms with E-state index in [2.05, 4.69) is 21.4 Å². The molecule has 1 aliphatic heterocycles. The zero-order valence-electron chi connectivity index (χ0n) is 9.48. The number of imidazole rings is 1. The van der Waals surface area contributed by atoms with Crippen molar-refractivity contribution in [1.82, 2.24) is 14.5 Å². The first kappa shape index (κ1) is 10.6. The van der Waals surface area contributed by atoms with Crippen molar-refractivity contribution in [2.24, 2.45) is 0 Å². The van der Waals surface area contributed by atoms with Crippen LogP contribution in [0.3, 0.4) is 0 Å². The highest BCUT2D eigenvalue weighted by molar-refractivity contribution is 5.02. The molecule has 0 amide bonds. The maximum Gasteiger partial charge on any atom is 0.111 e. The number of hydrogen-bond acceptors (Lipinski definition) is 3. The molecule has 4 nitrogen and oxygen atoms in total. The molecule has 2 rings (SSSR count). The first-order chi connectivity index (χ1) is 7.13. The highest BCUT2D eigenvalue weighted by atomic mass is 16.3. The first-order valence-electron chi connectivity index (χ1n) is 5.54. The summed E-state index contributed by atoms with van der Waals surface area (Å²) in [7, 11) is 2.05. The van der Waals surface area contributed by atoms with Gasteiger partial charge in [-0.1, -0.05) is 0 Å². The second-order valence-electron chi connectivity index (χ2n) is 4.52. The third-order valence-electron chi connectivity index (χ3n) is 3.15. The second-order valence-corrected chi connectivity index (χ2v) is 4.52. The highest BCUT2D eigenvalue weighted by Crippen LogP contribution is 2.23. The molecule has 1 N–H and O–H groups in total. The summed E-state index contributed by atoms with van der Waals surface area (Å²) < 4.78 is 2.09. The summed E-state index contributed by atoms with van der Waals surface area (Å²) in [6, 6.07) is 0. The van der Waals surface area contributed by atoms with E-state index in [9.17, 15) is 5.11 Å². The highest BCUT2D eigenvalue weighted by Gasteiger charge is 2.35. The van der Waals surface area contributed by atoms with Crippen LogP contribution < -0.4 is 0 Å². The van der Waals surface area contributed by atoms with Crippen molar-refractivity contribution in [3.05, 3.63) is 18.2 Å². The molecule has 1 aromatic rings. The number of likely N-dealkylation sites (tertiary alicyclic amines) is 1. The molecular formula is C11H19N3O. The molecule has 0 aliphatic carbocycles. The predicted molar refractivity (Wildman–Crippen MR) is 58.7 cm³/mol. The van der Waals surface area contributed by atoms with Crippen LogP contribution in [0, 0.1) is 0 Å². The van der Waals surface area contributed by atoms with Gasteiger partial charge in [-0.15, -0.1) is 0 Å². The van der Waals surface area contributed by atoms with Gasteiger partial charge >= 0.3 is 0 Å². The molecule has 0 saturated carbocycles. The van der Waals surface area contributed by atoms with Gasteiger partial charge in [0.15, 0.2) is 0 Å². The molecule has 0 radical (unpaired) electrons. The Balaban J connectivity index is 2.08. The molecule has 1 unspecified atom stereocenters. The molecule has 0 bridgehead atoms. The van der Waals surface area contributed by atoms with E-state index < -0.39 is 5.60 Å². The molecule has 1 atom stereocenters. The number of rotatable bonds is 3. The lowest BCUT2D eigenvalue weighted by Gasteiger charge is -2.22. The Kier molecular flexibility index (Phi) is 2.80. The van der Waals surface area contributed by atoms with E-state index in [1.54, 1.807) is 6.20 Å². The summed E-state index contributed by atoms with van der Waals surface area (Å²) in [5.74, 6) is 0.996. The van der Waals surface area contributed by atoms with Crippen LogP contribution in [0.15, 0.2) is 12.4 Å². The number of aromatic nitrogens is 2. The van der Waals surface area contributed by atoms with Crippen molar-refractivity contribution in [3.8, 4) is 0 Å². The Labute approximate surface area is 90.5 Å². The van der Waals surface area contributed by atoms with Crippen molar-refractivity contribution >= 4 is 0 Å². The summed E-state index contributed by atoms with van der Waals surface area (Å²) >= 11 is 0. The van der Waals surface area contributed by atoms with Gasteiger partial charge in [0, 0.05) is 38.4 Å². The molecule has 84 valence electrons. The van der Waals surface area contributed by atoms with Crippen molar-refractivity contribution in [2.45, 2.75) is 31.9 Å². The van der Waals surface area contributed by atoms with Gasteiger partial charge in [-0.05, 0) is 20.4 Å². The predicted octanol–water partition coefficient (Wildman–Crippen LogP) is 0.512. The lowest BCUT2D eigenvalue weighted by Crippen LogP contribution is -2.35. The van der Waals surface area contributed by atoms with Crippen LogP contribution in [-0.2, 0) is 13.0 Å². The summed E-state index contributed by atoms with van der Waals surface area (Å²) in [5.41, 5.74) is -0.576. The molecule has 15 heavy (non-hydrogen) atoms. The van der Waals surface area contributed by atoms with Crippen LogP contribution >= 0.6 is 0 Å². The van der Waals surface area contributed by atoms with Crippen LogP contribution in [-0.4, -0.2) is 45.3 Å². The zero-order valence-corrected chi connectivity index (χ0v) is 9.48. The van der Waals surface area contributed by atoms with E-state index in [1.165, 1.54) is 0 Å². The summed E-state index contributed by atoms with van der Waals surface area (Å²) in [4.78, 5) is 6.47. The lowest BCUT2D eigenvalue weighted by molar-refractivity contribution is 0.0495. The minimum absolute atomic E-state index is 0.576. The monoisotopic (exact) mass is 209 g/mol. The summed E-state index contributed by atoms with van der Waals surface area (Å²) in [6.45, 7) is 4.74. The fourth-order valence-electron chi connectivity index (χ4n) is 2.29. The third-order valence-corrected chi connectivity index (χ3v) is 3.15. The Morgan fingerprint density at radius 3 is 3.00 bits per heavy atom. The fourth-order valence-corrected chi connectivity index (χ4v) is 2.29. The Morgan fingerprint density at radius 1 is 1.60 bits per heavy atom. The smallest absolute Gasteiger partial charge is 0.111 e. The third kappa shape index (κ3) is 2.21. The number of β-amino-alcohol motifs (C(OH)–C–C–N with tert-alkyl or cyclic N) is 1. The van der Waals surface area contributed by atoms with Crippen LogP contribution in [0.5, 0.6) is 0 Å². The average molecular weight is 209 g/mol. The lowest BCUT2D eigenvalue weighted by atomic mass is 9.98. The molecule has 1 aliphatic rings. The Bertz CT molecular complexity index is 336. The van der Waals surface area contributed by atoms with Gasteiger partial charge in [0.05, 0.1) is 5.60 Å². The van der Waals surface area contributed by atoms with Gasteiger partial charge in [0.2, 0.25) is 0 Å². The number of nitrogens with zero attached hydrogens (tertiary/aromatic N) is 3. The van der Waals surface area contributed by atoms with E-state index >= 15 is 0 Å². The van der Waals surface area contributed by atoms with Crippen LogP contribution in [0.4, 0.5) is 0 Å². The van der Waals surface area contributed by atoms with E-state index in [0.29, 0.717) is 6.42 Å². The normalized spacial score (nSPS) is 27.4. The summed E-state index contributed by atoms with van der Waals surface area (Å²) in [6.07, 6.45) is 5.29. The number of aliphatic hydroxyl groups is 1.